The fourth-order valence-corrected chi connectivity index (χ4v) is 5.58. The summed E-state index contributed by atoms with van der Waals surface area (Å²) in [5, 5.41) is 0. The largest absolute Gasteiger partial charge is 0.452 e. The predicted molar refractivity (Wildman–Crippen MR) is 128 cm³/mol. The summed E-state index contributed by atoms with van der Waals surface area (Å²) >= 11 is 0. The first-order valence-electron chi connectivity index (χ1n) is 11.3. The molecule has 0 spiro atoms. The highest BCUT2D eigenvalue weighted by Crippen LogP contribution is 2.26. The Kier molecular flexibility index (Phi) is 8.26. The molecule has 0 heterocycles. The number of sulfonamides is 1. The minimum atomic E-state index is -3.64. The highest BCUT2D eigenvalue weighted by molar-refractivity contribution is 7.89. The van der Waals surface area contributed by atoms with Gasteiger partial charge in [-0.2, -0.15) is 4.31 Å². The number of carbonyl (C=O) groups is 2. The Labute approximate surface area is 196 Å². The minimum absolute atomic E-state index is 0.00734. The van der Waals surface area contributed by atoms with Crippen LogP contribution in [0.1, 0.15) is 56.3 Å². The molecule has 1 aliphatic carbocycles. The van der Waals surface area contributed by atoms with Gasteiger partial charge in [-0.15, -0.1) is 0 Å². The Morgan fingerprint density at radius 2 is 1.58 bits per heavy atom. The Morgan fingerprint density at radius 3 is 2.15 bits per heavy atom. The molecule has 0 unspecified atom stereocenters. The summed E-state index contributed by atoms with van der Waals surface area (Å²) in [6.07, 6.45) is 4.94. The average Bonchev–Trinajstić information content (AvgIpc) is 2.83. The number of amides is 1. The highest BCUT2D eigenvalue weighted by atomic mass is 32.2. The monoisotopic (exact) mass is 472 g/mol. The van der Waals surface area contributed by atoms with E-state index in [0.717, 1.165) is 37.8 Å². The third-order valence-corrected chi connectivity index (χ3v) is 7.93. The zero-order valence-corrected chi connectivity index (χ0v) is 20.3. The van der Waals surface area contributed by atoms with E-state index in [4.69, 9.17) is 4.74 Å². The van der Waals surface area contributed by atoms with Crippen molar-refractivity contribution in [2.75, 3.05) is 18.6 Å². The number of benzene rings is 2. The van der Waals surface area contributed by atoms with Crippen LogP contribution in [-0.2, 0) is 19.6 Å². The molecule has 1 saturated carbocycles. The molecule has 0 atom stereocenters. The van der Waals surface area contributed by atoms with E-state index < -0.39 is 22.6 Å². The lowest BCUT2D eigenvalue weighted by atomic mass is 9.96. The van der Waals surface area contributed by atoms with E-state index in [1.807, 2.05) is 44.2 Å². The summed E-state index contributed by atoms with van der Waals surface area (Å²) in [6, 6.07) is 14.8. The molecule has 0 N–H and O–H groups in total. The molecule has 0 bridgehead atoms. The van der Waals surface area contributed by atoms with Gasteiger partial charge in [0.15, 0.2) is 6.61 Å². The molecular weight excluding hydrogens is 440 g/mol. The van der Waals surface area contributed by atoms with E-state index in [2.05, 4.69) is 0 Å². The van der Waals surface area contributed by atoms with Gasteiger partial charge in [0.1, 0.15) is 0 Å². The lowest BCUT2D eigenvalue weighted by Crippen LogP contribution is -2.39. The van der Waals surface area contributed by atoms with Gasteiger partial charge in [0.05, 0.1) is 10.5 Å². The second-order valence-corrected chi connectivity index (χ2v) is 10.6. The SMILES string of the molecule is CC(C)N(C(=O)COC(=O)c1ccc(S(=O)(=O)N(C)C2CCCCC2)cc1)c1ccccc1. The summed E-state index contributed by atoms with van der Waals surface area (Å²) in [5.74, 6) is -1.01. The molecule has 2 aromatic rings. The van der Waals surface area contributed by atoms with Crippen LogP contribution in [-0.4, -0.2) is 50.3 Å². The first kappa shape index (κ1) is 24.9. The Hall–Kier alpha value is -2.71. The van der Waals surface area contributed by atoms with E-state index in [0.29, 0.717) is 0 Å². The van der Waals surface area contributed by atoms with Gasteiger partial charge in [-0.25, -0.2) is 13.2 Å². The van der Waals surface area contributed by atoms with Crippen LogP contribution < -0.4 is 4.90 Å². The Bertz CT molecular complexity index is 1050. The average molecular weight is 473 g/mol. The number of rotatable bonds is 8. The van der Waals surface area contributed by atoms with E-state index in [1.54, 1.807) is 11.9 Å². The first-order chi connectivity index (χ1) is 15.7. The van der Waals surface area contributed by atoms with Crippen molar-refractivity contribution in [1.29, 1.82) is 0 Å². The fourth-order valence-electron chi connectivity index (χ4n) is 4.17. The quantitative estimate of drug-likeness (QED) is 0.537. The maximum absolute atomic E-state index is 13.0. The van der Waals surface area contributed by atoms with Crippen LogP contribution in [0.5, 0.6) is 0 Å². The van der Waals surface area contributed by atoms with Crippen molar-refractivity contribution in [3.8, 4) is 0 Å². The predicted octanol–water partition coefficient (Wildman–Crippen LogP) is 4.24. The van der Waals surface area contributed by atoms with E-state index >= 15 is 0 Å². The smallest absolute Gasteiger partial charge is 0.338 e. The molecule has 3 rings (SSSR count). The number of nitrogens with zero attached hydrogens (tertiary/aromatic N) is 2. The van der Waals surface area contributed by atoms with Gasteiger partial charge in [-0.3, -0.25) is 4.79 Å². The van der Waals surface area contributed by atoms with Crippen molar-refractivity contribution in [2.45, 2.75) is 62.9 Å². The molecule has 1 aliphatic rings. The molecule has 2 aromatic carbocycles. The zero-order valence-electron chi connectivity index (χ0n) is 19.4. The number of esters is 1. The fraction of sp³-hybridized carbons (Fsp3) is 0.440. The molecule has 0 radical (unpaired) electrons. The van der Waals surface area contributed by atoms with Gasteiger partial charge in [0.2, 0.25) is 10.0 Å². The van der Waals surface area contributed by atoms with Crippen molar-refractivity contribution < 1.29 is 22.7 Å². The molecule has 0 aliphatic heterocycles. The molecule has 1 fully saturated rings. The summed E-state index contributed by atoms with van der Waals surface area (Å²) in [4.78, 5) is 26.9. The zero-order chi connectivity index (χ0) is 24.0. The third-order valence-electron chi connectivity index (χ3n) is 6.00. The van der Waals surface area contributed by atoms with Gasteiger partial charge in [0.25, 0.3) is 5.91 Å². The molecular formula is C25H32N2O5S. The van der Waals surface area contributed by atoms with E-state index in [9.17, 15) is 18.0 Å². The number of ether oxygens (including phenoxy) is 1. The molecule has 1 amide bonds. The van der Waals surface area contributed by atoms with Crippen LogP contribution in [0.25, 0.3) is 0 Å². The number of hydrogen-bond acceptors (Lipinski definition) is 5. The number of hydrogen-bond donors (Lipinski definition) is 0. The van der Waals surface area contributed by atoms with Crippen LogP contribution >= 0.6 is 0 Å². The Morgan fingerprint density at radius 1 is 0.970 bits per heavy atom. The molecule has 0 aromatic heterocycles. The van der Waals surface area contributed by atoms with Crippen LogP contribution in [0.15, 0.2) is 59.5 Å². The van der Waals surface area contributed by atoms with Crippen LogP contribution in [0.4, 0.5) is 5.69 Å². The van der Waals surface area contributed by atoms with Crippen molar-refractivity contribution in [3.63, 3.8) is 0 Å². The normalized spacial score (nSPS) is 14.9. The van der Waals surface area contributed by atoms with Crippen LogP contribution in [0, 0.1) is 0 Å². The van der Waals surface area contributed by atoms with Crippen LogP contribution in [0.2, 0.25) is 0 Å². The molecule has 33 heavy (non-hydrogen) atoms. The number of carbonyl (C=O) groups excluding carboxylic acids is 2. The summed E-state index contributed by atoms with van der Waals surface area (Å²) in [5.41, 5.74) is 0.920. The number of anilines is 1. The summed E-state index contributed by atoms with van der Waals surface area (Å²) < 4.78 is 32.6. The first-order valence-corrected chi connectivity index (χ1v) is 12.8. The second-order valence-electron chi connectivity index (χ2n) is 8.61. The lowest BCUT2D eigenvalue weighted by Gasteiger charge is -2.30. The van der Waals surface area contributed by atoms with Gasteiger partial charge in [-0.1, -0.05) is 37.5 Å². The highest BCUT2D eigenvalue weighted by Gasteiger charge is 2.29. The maximum Gasteiger partial charge on any atom is 0.338 e. The Balaban J connectivity index is 1.63. The molecule has 0 saturated heterocycles. The van der Waals surface area contributed by atoms with Crippen molar-refractivity contribution in [2.24, 2.45) is 0 Å². The van der Waals surface area contributed by atoms with E-state index in [1.165, 1.54) is 28.6 Å². The van der Waals surface area contributed by atoms with Gasteiger partial charge in [0, 0.05) is 24.8 Å². The molecule has 8 heteroatoms. The third kappa shape index (κ3) is 6.00. The minimum Gasteiger partial charge on any atom is -0.452 e. The van der Waals surface area contributed by atoms with Crippen molar-refractivity contribution in [1.82, 2.24) is 4.31 Å². The summed E-state index contributed by atoms with van der Waals surface area (Å²) in [7, 11) is -2.02. The van der Waals surface area contributed by atoms with Gasteiger partial charge < -0.3 is 9.64 Å². The summed E-state index contributed by atoms with van der Waals surface area (Å²) in [6.45, 7) is 3.36. The van der Waals surface area contributed by atoms with Crippen LogP contribution in [0.3, 0.4) is 0 Å². The standard InChI is InChI=1S/C25H32N2O5S/c1-19(2)27(22-12-8-5-9-13-22)24(28)18-32-25(29)20-14-16-23(17-15-20)33(30,31)26(3)21-10-6-4-7-11-21/h5,8-9,12-17,19,21H,4,6-7,10-11,18H2,1-3H3. The lowest BCUT2D eigenvalue weighted by molar-refractivity contribution is -0.122. The topological polar surface area (TPSA) is 84.0 Å². The van der Waals surface area contributed by atoms with Gasteiger partial charge in [-0.05, 0) is 63.1 Å². The van der Waals surface area contributed by atoms with E-state index in [-0.39, 0.29) is 28.4 Å². The second kappa shape index (κ2) is 10.9. The molecule has 7 nitrogen and oxygen atoms in total. The van der Waals surface area contributed by atoms with Gasteiger partial charge >= 0.3 is 5.97 Å². The molecule has 178 valence electrons. The van der Waals surface area contributed by atoms with Crippen molar-refractivity contribution in [3.05, 3.63) is 60.2 Å². The van der Waals surface area contributed by atoms with Crippen molar-refractivity contribution >= 4 is 27.6 Å². The number of para-hydroxylation sites is 1. The maximum atomic E-state index is 13.0.